The second-order valence-corrected chi connectivity index (χ2v) is 5.65. The van der Waals surface area contributed by atoms with E-state index in [0.717, 1.165) is 18.4 Å². The molecule has 110 valence electrons. The van der Waals surface area contributed by atoms with E-state index in [1.165, 1.54) is 5.56 Å². The van der Waals surface area contributed by atoms with Crippen molar-refractivity contribution in [1.82, 2.24) is 10.5 Å². The van der Waals surface area contributed by atoms with Gasteiger partial charge in [0.15, 0.2) is 5.82 Å². The molecule has 0 bridgehead atoms. The molecule has 3 rings (SSSR count). The Bertz CT molecular complexity index is 629. The molecule has 1 atom stereocenters. The third-order valence-electron chi connectivity index (χ3n) is 3.69. The van der Waals surface area contributed by atoms with Crippen LogP contribution >= 0.6 is 0 Å². The van der Waals surface area contributed by atoms with E-state index < -0.39 is 0 Å². The summed E-state index contributed by atoms with van der Waals surface area (Å²) < 4.78 is 4.94. The molecular formula is C16H19N3O2. The number of hydrogen-bond donors (Lipinski definition) is 2. The van der Waals surface area contributed by atoms with Crippen LogP contribution in [0.4, 0.5) is 10.6 Å². The van der Waals surface area contributed by atoms with Crippen LogP contribution in [0.2, 0.25) is 0 Å². The lowest BCUT2D eigenvalue weighted by atomic mass is 10.0. The molecule has 0 spiro atoms. The number of urea groups is 1. The van der Waals surface area contributed by atoms with E-state index in [1.807, 2.05) is 0 Å². The Balaban J connectivity index is 1.67. The monoisotopic (exact) mass is 285 g/mol. The fraction of sp³-hybridized carbons (Fsp3) is 0.375. The predicted molar refractivity (Wildman–Crippen MR) is 80.0 cm³/mol. The first-order chi connectivity index (χ1) is 10.1. The van der Waals surface area contributed by atoms with Gasteiger partial charge in [0.05, 0.1) is 6.04 Å². The third-order valence-corrected chi connectivity index (χ3v) is 3.69. The molecule has 1 fully saturated rings. The molecule has 1 aromatic heterocycles. The van der Waals surface area contributed by atoms with Crippen LogP contribution in [-0.4, -0.2) is 11.2 Å². The largest absolute Gasteiger partial charge is 0.360 e. The maximum atomic E-state index is 12.1. The number of rotatable bonds is 4. The van der Waals surface area contributed by atoms with Gasteiger partial charge in [-0.3, -0.25) is 5.32 Å². The van der Waals surface area contributed by atoms with E-state index in [-0.39, 0.29) is 12.1 Å². The zero-order valence-corrected chi connectivity index (χ0v) is 12.2. The third kappa shape index (κ3) is 3.42. The van der Waals surface area contributed by atoms with Crippen LogP contribution in [0, 0.1) is 19.8 Å². The molecule has 0 saturated heterocycles. The SMILES string of the molecule is Cc1ccc(C(NC(=O)Nc2cc(C)on2)C2CC2)cc1. The van der Waals surface area contributed by atoms with Crippen molar-refractivity contribution in [2.24, 2.45) is 5.92 Å². The molecule has 0 aliphatic heterocycles. The molecule has 2 aromatic rings. The molecular weight excluding hydrogens is 266 g/mol. The molecule has 1 aliphatic rings. The van der Waals surface area contributed by atoms with E-state index >= 15 is 0 Å². The van der Waals surface area contributed by atoms with Crippen LogP contribution in [0.25, 0.3) is 0 Å². The van der Waals surface area contributed by atoms with Crippen LogP contribution in [-0.2, 0) is 0 Å². The first-order valence-electron chi connectivity index (χ1n) is 7.19. The van der Waals surface area contributed by atoms with Crippen molar-refractivity contribution in [3.8, 4) is 0 Å². The maximum absolute atomic E-state index is 12.1. The topological polar surface area (TPSA) is 67.2 Å². The van der Waals surface area contributed by atoms with E-state index in [0.29, 0.717) is 17.5 Å². The van der Waals surface area contributed by atoms with Crippen LogP contribution in [0.1, 0.15) is 35.8 Å². The van der Waals surface area contributed by atoms with Gasteiger partial charge in [-0.2, -0.15) is 0 Å². The normalized spacial score (nSPS) is 15.5. The predicted octanol–water partition coefficient (Wildman–Crippen LogP) is 3.56. The van der Waals surface area contributed by atoms with Gasteiger partial charge in [-0.1, -0.05) is 35.0 Å². The fourth-order valence-electron chi connectivity index (χ4n) is 2.40. The lowest BCUT2D eigenvalue weighted by molar-refractivity contribution is 0.247. The summed E-state index contributed by atoms with van der Waals surface area (Å²) >= 11 is 0. The standard InChI is InChI=1S/C16H19N3O2/c1-10-3-5-12(6-4-10)15(13-7-8-13)18-16(20)17-14-9-11(2)21-19-14/h3-6,9,13,15H,7-8H2,1-2H3,(H2,17,18,19,20). The van der Waals surface area contributed by atoms with Crippen LogP contribution in [0.15, 0.2) is 34.9 Å². The number of hydrogen-bond acceptors (Lipinski definition) is 3. The van der Waals surface area contributed by atoms with Gasteiger partial charge in [-0.25, -0.2) is 4.79 Å². The zero-order chi connectivity index (χ0) is 14.8. The van der Waals surface area contributed by atoms with Gasteiger partial charge in [0, 0.05) is 6.07 Å². The molecule has 0 radical (unpaired) electrons. The van der Waals surface area contributed by atoms with Gasteiger partial charge >= 0.3 is 6.03 Å². The van der Waals surface area contributed by atoms with Crippen molar-refractivity contribution in [2.45, 2.75) is 32.7 Å². The summed E-state index contributed by atoms with van der Waals surface area (Å²) in [5, 5.41) is 9.50. The average molecular weight is 285 g/mol. The van der Waals surface area contributed by atoms with Gasteiger partial charge < -0.3 is 9.84 Å². The van der Waals surface area contributed by atoms with E-state index in [4.69, 9.17) is 4.52 Å². The number of aryl methyl sites for hydroxylation is 2. The highest BCUT2D eigenvalue weighted by Gasteiger charge is 2.33. The summed E-state index contributed by atoms with van der Waals surface area (Å²) in [4.78, 5) is 12.1. The average Bonchev–Trinajstić information content (AvgIpc) is 3.21. The van der Waals surface area contributed by atoms with Crippen molar-refractivity contribution < 1.29 is 9.32 Å². The molecule has 2 N–H and O–H groups in total. The summed E-state index contributed by atoms with van der Waals surface area (Å²) in [5.41, 5.74) is 2.37. The van der Waals surface area contributed by atoms with Crippen LogP contribution in [0.3, 0.4) is 0 Å². The van der Waals surface area contributed by atoms with Crippen LogP contribution in [0.5, 0.6) is 0 Å². The minimum absolute atomic E-state index is 0.0543. The summed E-state index contributed by atoms with van der Waals surface area (Å²) in [6.07, 6.45) is 2.31. The number of nitrogens with zero attached hydrogens (tertiary/aromatic N) is 1. The Morgan fingerprint density at radius 1 is 1.29 bits per heavy atom. The number of benzene rings is 1. The molecule has 5 heteroatoms. The van der Waals surface area contributed by atoms with Gasteiger partial charge in [-0.15, -0.1) is 0 Å². The number of nitrogens with one attached hydrogen (secondary N) is 2. The molecule has 1 heterocycles. The minimum Gasteiger partial charge on any atom is -0.360 e. The van der Waals surface area contributed by atoms with Gasteiger partial charge in [-0.05, 0) is 38.2 Å². The van der Waals surface area contributed by atoms with E-state index in [9.17, 15) is 4.79 Å². The molecule has 5 nitrogen and oxygen atoms in total. The van der Waals surface area contributed by atoms with Gasteiger partial charge in [0.1, 0.15) is 5.76 Å². The Morgan fingerprint density at radius 3 is 2.57 bits per heavy atom. The van der Waals surface area contributed by atoms with Crippen molar-refractivity contribution in [3.05, 3.63) is 47.2 Å². The summed E-state index contributed by atoms with van der Waals surface area (Å²) in [5.74, 6) is 1.63. The summed E-state index contributed by atoms with van der Waals surface area (Å²) in [7, 11) is 0. The number of anilines is 1. The second-order valence-electron chi connectivity index (χ2n) is 5.65. The highest BCUT2D eigenvalue weighted by atomic mass is 16.5. The van der Waals surface area contributed by atoms with Crippen molar-refractivity contribution in [3.63, 3.8) is 0 Å². The highest BCUT2D eigenvalue weighted by molar-refractivity contribution is 5.88. The summed E-state index contributed by atoms with van der Waals surface area (Å²) in [6, 6.07) is 9.81. The maximum Gasteiger partial charge on any atom is 0.320 e. The van der Waals surface area contributed by atoms with Gasteiger partial charge in [0.25, 0.3) is 0 Å². The number of amides is 2. The number of carbonyl (C=O) groups is 1. The lowest BCUT2D eigenvalue weighted by Gasteiger charge is -2.19. The second kappa shape index (κ2) is 5.60. The van der Waals surface area contributed by atoms with Crippen LogP contribution < -0.4 is 10.6 Å². The Morgan fingerprint density at radius 2 is 2.00 bits per heavy atom. The zero-order valence-electron chi connectivity index (χ0n) is 12.2. The highest BCUT2D eigenvalue weighted by Crippen LogP contribution is 2.41. The molecule has 21 heavy (non-hydrogen) atoms. The molecule has 1 aromatic carbocycles. The Labute approximate surface area is 123 Å². The van der Waals surface area contributed by atoms with Gasteiger partial charge in [0.2, 0.25) is 0 Å². The Hall–Kier alpha value is -2.30. The smallest absolute Gasteiger partial charge is 0.320 e. The Kier molecular flexibility index (Phi) is 3.64. The molecule has 2 amide bonds. The van der Waals surface area contributed by atoms with E-state index in [2.05, 4.69) is 47.0 Å². The minimum atomic E-state index is -0.249. The fourth-order valence-corrected chi connectivity index (χ4v) is 2.40. The lowest BCUT2D eigenvalue weighted by Crippen LogP contribution is -2.33. The molecule has 1 saturated carbocycles. The van der Waals surface area contributed by atoms with E-state index in [1.54, 1.807) is 13.0 Å². The van der Waals surface area contributed by atoms with Crippen molar-refractivity contribution in [1.29, 1.82) is 0 Å². The summed E-state index contributed by atoms with van der Waals surface area (Å²) in [6.45, 7) is 3.85. The first-order valence-corrected chi connectivity index (χ1v) is 7.19. The quantitative estimate of drug-likeness (QED) is 0.902. The van der Waals surface area contributed by atoms with Crippen molar-refractivity contribution in [2.75, 3.05) is 5.32 Å². The number of carbonyl (C=O) groups excluding carboxylic acids is 1. The first kappa shape index (κ1) is 13.7. The molecule has 1 aliphatic carbocycles. The van der Waals surface area contributed by atoms with Crippen molar-refractivity contribution >= 4 is 11.8 Å². The number of aromatic nitrogens is 1. The molecule has 1 unspecified atom stereocenters.